The Balaban J connectivity index is 2.21. The van der Waals surface area contributed by atoms with Gasteiger partial charge in [0, 0.05) is 25.1 Å². The molecule has 0 aromatic heterocycles. The molecule has 0 bridgehead atoms. The molecule has 1 fully saturated rings. The lowest BCUT2D eigenvalue weighted by atomic mass is 9.86. The summed E-state index contributed by atoms with van der Waals surface area (Å²) in [4.78, 5) is 23.1. The molecule has 1 atom stereocenters. The van der Waals surface area contributed by atoms with Gasteiger partial charge in [-0.1, -0.05) is 30.1 Å². The Morgan fingerprint density at radius 2 is 2.00 bits per heavy atom. The van der Waals surface area contributed by atoms with Crippen molar-refractivity contribution < 1.29 is 14.8 Å². The summed E-state index contributed by atoms with van der Waals surface area (Å²) in [5.41, 5.74) is 0.249. The SMILES string of the molecule is CC(C(=O)O)C1CN(c2cc(Cl)c(Cl)cc2[N+](=O)[O-])C1. The zero-order chi connectivity index (χ0) is 15.0. The lowest BCUT2D eigenvalue weighted by Gasteiger charge is -2.42. The monoisotopic (exact) mass is 318 g/mol. The van der Waals surface area contributed by atoms with Crippen LogP contribution < -0.4 is 4.90 Å². The van der Waals surface area contributed by atoms with Crippen molar-refractivity contribution in [3.8, 4) is 0 Å². The van der Waals surface area contributed by atoms with Crippen LogP contribution in [-0.2, 0) is 4.79 Å². The summed E-state index contributed by atoms with van der Waals surface area (Å²) in [6.45, 7) is 2.53. The smallest absolute Gasteiger partial charge is 0.306 e. The van der Waals surface area contributed by atoms with Crippen LogP contribution in [0.1, 0.15) is 6.92 Å². The van der Waals surface area contributed by atoms with Gasteiger partial charge in [0.1, 0.15) is 5.69 Å². The predicted molar refractivity (Wildman–Crippen MR) is 75.6 cm³/mol. The van der Waals surface area contributed by atoms with E-state index in [1.807, 2.05) is 0 Å². The summed E-state index contributed by atoms with van der Waals surface area (Å²) < 4.78 is 0. The van der Waals surface area contributed by atoms with Crippen LogP contribution in [0.4, 0.5) is 11.4 Å². The number of hydrogen-bond donors (Lipinski definition) is 1. The first-order valence-corrected chi connectivity index (χ1v) is 6.68. The molecule has 1 aromatic carbocycles. The van der Waals surface area contributed by atoms with Gasteiger partial charge in [-0.2, -0.15) is 0 Å². The Bertz CT molecular complexity index is 573. The van der Waals surface area contributed by atoms with E-state index in [4.69, 9.17) is 28.3 Å². The number of rotatable bonds is 4. The van der Waals surface area contributed by atoms with Gasteiger partial charge in [-0.05, 0) is 6.07 Å². The third kappa shape index (κ3) is 2.66. The summed E-state index contributed by atoms with van der Waals surface area (Å²) in [6.07, 6.45) is 0. The van der Waals surface area contributed by atoms with Crippen LogP contribution in [0.15, 0.2) is 12.1 Å². The van der Waals surface area contributed by atoms with E-state index >= 15 is 0 Å². The molecule has 1 heterocycles. The molecule has 6 nitrogen and oxygen atoms in total. The molecule has 1 unspecified atom stereocenters. The Morgan fingerprint density at radius 1 is 1.45 bits per heavy atom. The summed E-state index contributed by atoms with van der Waals surface area (Å²) in [5, 5.41) is 20.3. The summed E-state index contributed by atoms with van der Waals surface area (Å²) in [7, 11) is 0. The first kappa shape index (κ1) is 14.9. The lowest BCUT2D eigenvalue weighted by Crippen LogP contribution is -2.51. The molecule has 8 heteroatoms. The Morgan fingerprint density at radius 3 is 2.50 bits per heavy atom. The average Bonchev–Trinajstić information content (AvgIpc) is 2.30. The fourth-order valence-corrected chi connectivity index (χ4v) is 2.47. The molecule has 1 saturated heterocycles. The molecule has 108 valence electrons. The van der Waals surface area contributed by atoms with Crippen LogP contribution in [0.25, 0.3) is 0 Å². The van der Waals surface area contributed by atoms with Gasteiger partial charge >= 0.3 is 5.97 Å². The molecule has 0 saturated carbocycles. The summed E-state index contributed by atoms with van der Waals surface area (Å²) in [6, 6.07) is 2.66. The van der Waals surface area contributed by atoms with Gasteiger partial charge in [0.25, 0.3) is 5.69 Å². The standard InChI is InChI=1S/C12H12Cl2N2O4/c1-6(12(17)18)7-4-15(5-7)10-2-8(13)9(14)3-11(10)16(19)20/h2-3,6-7H,4-5H2,1H3,(H,17,18). The van der Waals surface area contributed by atoms with E-state index < -0.39 is 16.8 Å². The van der Waals surface area contributed by atoms with E-state index in [9.17, 15) is 14.9 Å². The largest absolute Gasteiger partial charge is 0.481 e. The number of benzene rings is 1. The van der Waals surface area contributed by atoms with Gasteiger partial charge in [-0.25, -0.2) is 0 Å². The molecule has 0 spiro atoms. The molecule has 1 N–H and O–H groups in total. The number of nitro groups is 1. The molecule has 20 heavy (non-hydrogen) atoms. The zero-order valence-corrected chi connectivity index (χ0v) is 12.1. The molecule has 2 rings (SSSR count). The number of halogens is 2. The van der Waals surface area contributed by atoms with Crippen LogP contribution >= 0.6 is 23.2 Å². The maximum Gasteiger partial charge on any atom is 0.306 e. The van der Waals surface area contributed by atoms with Crippen LogP contribution in [0.3, 0.4) is 0 Å². The van der Waals surface area contributed by atoms with Crippen LogP contribution in [0, 0.1) is 22.0 Å². The average molecular weight is 319 g/mol. The molecule has 1 aromatic rings. The van der Waals surface area contributed by atoms with E-state index in [-0.39, 0.29) is 21.7 Å². The van der Waals surface area contributed by atoms with Crippen molar-refractivity contribution in [1.29, 1.82) is 0 Å². The number of carbonyl (C=O) groups is 1. The third-order valence-corrected chi connectivity index (χ3v) is 4.28. The highest BCUT2D eigenvalue weighted by Gasteiger charge is 2.37. The zero-order valence-electron chi connectivity index (χ0n) is 10.5. The highest BCUT2D eigenvalue weighted by atomic mass is 35.5. The molecular formula is C12H12Cl2N2O4. The predicted octanol–water partition coefficient (Wildman–Crippen LogP) is 3.06. The molecule has 1 aliphatic rings. The van der Waals surface area contributed by atoms with Crippen LogP contribution in [0.5, 0.6) is 0 Å². The molecule has 0 radical (unpaired) electrons. The van der Waals surface area contributed by atoms with E-state index in [0.717, 1.165) is 0 Å². The minimum atomic E-state index is -0.863. The number of aliphatic carboxylic acids is 1. The Hall–Kier alpha value is -1.53. The second-order valence-electron chi connectivity index (χ2n) is 4.80. The molecule has 0 amide bonds. The van der Waals surface area contributed by atoms with Crippen LogP contribution in [0.2, 0.25) is 10.0 Å². The van der Waals surface area contributed by atoms with Gasteiger partial charge in [0.05, 0.1) is 20.9 Å². The minimum absolute atomic E-state index is 0.0263. The van der Waals surface area contributed by atoms with Crippen molar-refractivity contribution in [2.45, 2.75) is 6.92 Å². The maximum atomic E-state index is 11.0. The van der Waals surface area contributed by atoms with Gasteiger partial charge in [-0.3, -0.25) is 14.9 Å². The fraction of sp³-hybridized carbons (Fsp3) is 0.417. The summed E-state index contributed by atoms with van der Waals surface area (Å²) in [5.74, 6) is -1.37. The number of carboxylic acid groups (broad SMARTS) is 1. The second kappa shape index (κ2) is 5.46. The highest BCUT2D eigenvalue weighted by molar-refractivity contribution is 6.42. The van der Waals surface area contributed by atoms with Crippen molar-refractivity contribution in [1.82, 2.24) is 0 Å². The Kier molecular flexibility index (Phi) is 4.06. The first-order chi connectivity index (χ1) is 9.31. The number of hydrogen-bond acceptors (Lipinski definition) is 4. The maximum absolute atomic E-state index is 11.0. The quantitative estimate of drug-likeness (QED) is 0.681. The highest BCUT2D eigenvalue weighted by Crippen LogP contribution is 2.40. The molecular weight excluding hydrogens is 307 g/mol. The molecule has 0 aliphatic carbocycles. The number of carboxylic acids is 1. The van der Waals surface area contributed by atoms with Crippen LogP contribution in [-0.4, -0.2) is 29.1 Å². The normalized spacial score (nSPS) is 16.6. The topological polar surface area (TPSA) is 83.7 Å². The van der Waals surface area contributed by atoms with Crippen molar-refractivity contribution in [2.75, 3.05) is 18.0 Å². The minimum Gasteiger partial charge on any atom is -0.481 e. The van der Waals surface area contributed by atoms with Gasteiger partial charge in [0.2, 0.25) is 0 Å². The van der Waals surface area contributed by atoms with Gasteiger partial charge in [0.15, 0.2) is 0 Å². The van der Waals surface area contributed by atoms with E-state index in [2.05, 4.69) is 0 Å². The van der Waals surface area contributed by atoms with Crippen molar-refractivity contribution in [3.63, 3.8) is 0 Å². The van der Waals surface area contributed by atoms with Crippen molar-refractivity contribution in [2.24, 2.45) is 11.8 Å². The lowest BCUT2D eigenvalue weighted by molar-refractivity contribution is -0.384. The van der Waals surface area contributed by atoms with E-state index in [1.165, 1.54) is 12.1 Å². The number of nitro benzene ring substituents is 1. The van der Waals surface area contributed by atoms with Crippen molar-refractivity contribution >= 4 is 40.5 Å². The number of nitrogens with zero attached hydrogens (tertiary/aromatic N) is 2. The van der Waals surface area contributed by atoms with Crippen molar-refractivity contribution in [3.05, 3.63) is 32.3 Å². The Labute approximate surface area is 125 Å². The summed E-state index contributed by atoms with van der Waals surface area (Å²) >= 11 is 11.7. The van der Waals surface area contributed by atoms with E-state index in [1.54, 1.807) is 11.8 Å². The molecule has 1 aliphatic heterocycles. The number of anilines is 1. The van der Waals surface area contributed by atoms with Gasteiger partial charge < -0.3 is 10.0 Å². The fourth-order valence-electron chi connectivity index (χ4n) is 2.15. The third-order valence-electron chi connectivity index (χ3n) is 3.56. The van der Waals surface area contributed by atoms with Gasteiger partial charge in [-0.15, -0.1) is 0 Å². The first-order valence-electron chi connectivity index (χ1n) is 5.92. The van der Waals surface area contributed by atoms with E-state index in [0.29, 0.717) is 18.8 Å². The second-order valence-corrected chi connectivity index (χ2v) is 5.62.